The van der Waals surface area contributed by atoms with E-state index in [1.165, 1.54) is 0 Å². The summed E-state index contributed by atoms with van der Waals surface area (Å²) >= 11 is 0. The van der Waals surface area contributed by atoms with Crippen LogP contribution >= 0.6 is 0 Å². The van der Waals surface area contributed by atoms with Crippen molar-refractivity contribution in [3.8, 4) is 0 Å². The zero-order chi connectivity index (χ0) is 12.2. The number of rotatable bonds is 6. The number of hydrogen-bond donors (Lipinski definition) is 1. The van der Waals surface area contributed by atoms with Gasteiger partial charge in [-0.3, -0.25) is 4.79 Å². The van der Waals surface area contributed by atoms with Crippen LogP contribution in [0.15, 0.2) is 0 Å². The Balaban J connectivity index is 2.24. The molecule has 94 valence electrons. The van der Waals surface area contributed by atoms with Crippen molar-refractivity contribution in [2.45, 2.75) is 25.9 Å². The van der Waals surface area contributed by atoms with Gasteiger partial charge in [-0.05, 0) is 32.2 Å². The first-order valence-electron chi connectivity index (χ1n) is 5.47. The molecule has 16 heavy (non-hydrogen) atoms. The fourth-order valence-electron chi connectivity index (χ4n) is 1.41. The van der Waals surface area contributed by atoms with Gasteiger partial charge >= 0.3 is 6.18 Å². The van der Waals surface area contributed by atoms with E-state index in [1.54, 1.807) is 6.92 Å². The average Bonchev–Trinajstić information content (AvgIpc) is 2.96. The molecule has 0 spiro atoms. The van der Waals surface area contributed by atoms with Gasteiger partial charge in [0.1, 0.15) is 6.54 Å². The molecule has 0 aromatic heterocycles. The zero-order valence-electron chi connectivity index (χ0n) is 9.31. The molecule has 0 heterocycles. The quantitative estimate of drug-likeness (QED) is 0.758. The fourth-order valence-corrected chi connectivity index (χ4v) is 1.41. The Hall–Kier alpha value is -0.780. The lowest BCUT2D eigenvalue weighted by molar-refractivity contribution is -0.160. The molecule has 1 amide bonds. The highest BCUT2D eigenvalue weighted by atomic mass is 19.4. The Morgan fingerprint density at radius 3 is 2.50 bits per heavy atom. The predicted molar refractivity (Wildman–Crippen MR) is 53.9 cm³/mol. The second-order valence-corrected chi connectivity index (χ2v) is 4.10. The molecule has 0 atom stereocenters. The van der Waals surface area contributed by atoms with Gasteiger partial charge < -0.3 is 10.2 Å². The fraction of sp³-hybridized carbons (Fsp3) is 0.900. The molecule has 6 heteroatoms. The second-order valence-electron chi connectivity index (χ2n) is 4.10. The smallest absolute Gasteiger partial charge is 0.333 e. The van der Waals surface area contributed by atoms with E-state index in [0.29, 0.717) is 5.92 Å². The average molecular weight is 238 g/mol. The number of alkyl halides is 3. The van der Waals surface area contributed by atoms with Gasteiger partial charge in [0.25, 0.3) is 0 Å². The minimum atomic E-state index is -4.32. The molecule has 0 saturated heterocycles. The first-order valence-corrected chi connectivity index (χ1v) is 5.47. The van der Waals surface area contributed by atoms with E-state index < -0.39 is 18.6 Å². The highest BCUT2D eigenvalue weighted by Crippen LogP contribution is 2.27. The normalized spacial score (nSPS) is 16.2. The molecule has 0 unspecified atom stereocenters. The number of carbonyl (C=O) groups is 1. The summed E-state index contributed by atoms with van der Waals surface area (Å²) in [5.41, 5.74) is 0. The van der Waals surface area contributed by atoms with Gasteiger partial charge in [0, 0.05) is 6.54 Å². The zero-order valence-corrected chi connectivity index (χ0v) is 9.31. The van der Waals surface area contributed by atoms with Crippen LogP contribution in [0.25, 0.3) is 0 Å². The van der Waals surface area contributed by atoms with Crippen molar-refractivity contribution in [3.63, 3.8) is 0 Å². The van der Waals surface area contributed by atoms with Crippen LogP contribution in [0.4, 0.5) is 13.2 Å². The molecule has 1 fully saturated rings. The Labute approximate surface area is 93.0 Å². The number of likely N-dealkylation sites (N-methyl/N-ethyl adjacent to an activating group) is 1. The third kappa shape index (κ3) is 5.34. The lowest BCUT2D eigenvalue weighted by atomic mass is 10.4. The predicted octanol–water partition coefficient (Wildman–Crippen LogP) is 1.40. The summed E-state index contributed by atoms with van der Waals surface area (Å²) in [7, 11) is 0. The third-order valence-corrected chi connectivity index (χ3v) is 2.51. The molecule has 3 nitrogen and oxygen atoms in total. The molecule has 0 bridgehead atoms. The molecule has 1 saturated carbocycles. The summed E-state index contributed by atoms with van der Waals surface area (Å²) in [4.78, 5) is 12.2. The van der Waals surface area contributed by atoms with E-state index in [9.17, 15) is 18.0 Å². The molecule has 1 aliphatic carbocycles. The standard InChI is InChI=1S/C10H17F3N2O/c1-2-15(7-10(11,12)13)9(16)6-14-5-8-3-4-8/h8,14H,2-7H2,1H3. The molecule has 1 N–H and O–H groups in total. The van der Waals surface area contributed by atoms with Crippen LogP contribution in [0, 0.1) is 5.92 Å². The summed E-state index contributed by atoms with van der Waals surface area (Å²) in [6, 6.07) is 0. The Morgan fingerprint density at radius 1 is 1.44 bits per heavy atom. The summed E-state index contributed by atoms with van der Waals surface area (Å²) in [6.45, 7) is 1.21. The van der Waals surface area contributed by atoms with E-state index in [1.807, 2.05) is 0 Å². The third-order valence-electron chi connectivity index (χ3n) is 2.51. The van der Waals surface area contributed by atoms with Gasteiger partial charge in [-0.15, -0.1) is 0 Å². The second kappa shape index (κ2) is 5.52. The summed E-state index contributed by atoms with van der Waals surface area (Å²) in [6.07, 6.45) is -2.01. The number of halogens is 3. The maximum atomic E-state index is 12.1. The van der Waals surface area contributed by atoms with E-state index in [4.69, 9.17) is 0 Å². The maximum Gasteiger partial charge on any atom is 0.406 e. The molecule has 0 aromatic rings. The molecular weight excluding hydrogens is 221 g/mol. The minimum Gasteiger partial charge on any atom is -0.333 e. The van der Waals surface area contributed by atoms with Crippen molar-refractivity contribution in [2.24, 2.45) is 5.92 Å². The van der Waals surface area contributed by atoms with Crippen LogP contribution in [0.3, 0.4) is 0 Å². The summed E-state index contributed by atoms with van der Waals surface area (Å²) < 4.78 is 36.3. The van der Waals surface area contributed by atoms with E-state index in [2.05, 4.69) is 5.32 Å². The van der Waals surface area contributed by atoms with Gasteiger partial charge in [0.05, 0.1) is 6.54 Å². The topological polar surface area (TPSA) is 32.3 Å². The van der Waals surface area contributed by atoms with Crippen molar-refractivity contribution in [2.75, 3.05) is 26.2 Å². The minimum absolute atomic E-state index is 0.000417. The van der Waals surface area contributed by atoms with Crippen molar-refractivity contribution in [3.05, 3.63) is 0 Å². The first kappa shape index (κ1) is 13.3. The van der Waals surface area contributed by atoms with E-state index in [0.717, 1.165) is 24.3 Å². The molecule has 1 aliphatic rings. The lowest BCUT2D eigenvalue weighted by Crippen LogP contribution is -2.43. The van der Waals surface area contributed by atoms with Gasteiger partial charge in [0.2, 0.25) is 5.91 Å². The van der Waals surface area contributed by atoms with Gasteiger partial charge in [-0.25, -0.2) is 0 Å². The number of nitrogens with one attached hydrogen (secondary N) is 1. The maximum absolute atomic E-state index is 12.1. The van der Waals surface area contributed by atoms with Gasteiger partial charge in [-0.2, -0.15) is 13.2 Å². The SMILES string of the molecule is CCN(CC(F)(F)F)C(=O)CNCC1CC1. The molecule has 1 rings (SSSR count). The van der Waals surface area contributed by atoms with Crippen LogP contribution in [-0.2, 0) is 4.79 Å². The number of hydrogen-bond acceptors (Lipinski definition) is 2. The summed E-state index contributed by atoms with van der Waals surface area (Å²) in [5, 5.41) is 2.89. The van der Waals surface area contributed by atoms with Crippen molar-refractivity contribution < 1.29 is 18.0 Å². The van der Waals surface area contributed by atoms with Crippen LogP contribution in [-0.4, -0.2) is 43.2 Å². The van der Waals surface area contributed by atoms with Crippen LogP contribution in [0.5, 0.6) is 0 Å². The van der Waals surface area contributed by atoms with Crippen molar-refractivity contribution >= 4 is 5.91 Å². The van der Waals surface area contributed by atoms with Gasteiger partial charge in [0.15, 0.2) is 0 Å². The van der Waals surface area contributed by atoms with Gasteiger partial charge in [-0.1, -0.05) is 0 Å². The number of nitrogens with zero attached hydrogens (tertiary/aromatic N) is 1. The van der Waals surface area contributed by atoms with Crippen molar-refractivity contribution in [1.29, 1.82) is 0 Å². The lowest BCUT2D eigenvalue weighted by Gasteiger charge is -2.22. The molecule has 0 radical (unpaired) electrons. The van der Waals surface area contributed by atoms with Crippen molar-refractivity contribution in [1.82, 2.24) is 10.2 Å². The highest BCUT2D eigenvalue weighted by Gasteiger charge is 2.32. The summed E-state index contributed by atoms with van der Waals surface area (Å²) in [5.74, 6) is 0.131. The van der Waals surface area contributed by atoms with E-state index >= 15 is 0 Å². The Morgan fingerprint density at radius 2 is 2.06 bits per heavy atom. The van der Waals surface area contributed by atoms with Crippen LogP contribution in [0.2, 0.25) is 0 Å². The van der Waals surface area contributed by atoms with Crippen LogP contribution in [0.1, 0.15) is 19.8 Å². The largest absolute Gasteiger partial charge is 0.406 e. The van der Waals surface area contributed by atoms with Crippen LogP contribution < -0.4 is 5.32 Å². The number of carbonyl (C=O) groups excluding carboxylic acids is 1. The number of amides is 1. The van der Waals surface area contributed by atoms with E-state index in [-0.39, 0.29) is 13.1 Å². The monoisotopic (exact) mass is 238 g/mol. The first-order chi connectivity index (χ1) is 7.42. The highest BCUT2D eigenvalue weighted by molar-refractivity contribution is 5.78. The molecule has 0 aromatic carbocycles. The molecular formula is C10H17F3N2O. The Kier molecular flexibility index (Phi) is 4.58. The Bertz CT molecular complexity index is 239. The molecule has 0 aliphatic heterocycles.